The third-order valence-electron chi connectivity index (χ3n) is 5.15. The first-order valence-electron chi connectivity index (χ1n) is 10.0. The van der Waals surface area contributed by atoms with Crippen LogP contribution in [0.1, 0.15) is 41.6 Å². The second-order valence-electron chi connectivity index (χ2n) is 7.20. The number of sulfonamides is 1. The minimum Gasteiger partial charge on any atom is -0.339 e. The number of nitrogens with one attached hydrogen (secondary N) is 1. The molecule has 1 aliphatic rings. The van der Waals surface area contributed by atoms with Crippen molar-refractivity contribution in [1.29, 1.82) is 0 Å². The lowest BCUT2D eigenvalue weighted by molar-refractivity contribution is 0.0758. The number of likely N-dealkylation sites (tertiary alicyclic amines) is 1. The van der Waals surface area contributed by atoms with Crippen molar-refractivity contribution in [3.8, 4) is 0 Å². The van der Waals surface area contributed by atoms with Crippen LogP contribution in [-0.2, 0) is 16.4 Å². The predicted molar refractivity (Wildman–Crippen MR) is 118 cm³/mol. The summed E-state index contributed by atoms with van der Waals surface area (Å²) in [4.78, 5) is 15.9. The molecule has 2 aromatic carbocycles. The molecule has 1 N–H and O–H groups in total. The van der Waals surface area contributed by atoms with Crippen LogP contribution in [-0.4, -0.2) is 45.1 Å². The third kappa shape index (κ3) is 5.84. The predicted octanol–water partition coefficient (Wildman–Crippen LogP) is 3.95. The zero-order valence-corrected chi connectivity index (χ0v) is 18.4. The van der Waals surface area contributed by atoms with Crippen molar-refractivity contribution < 1.29 is 13.2 Å². The van der Waals surface area contributed by atoms with Crippen LogP contribution in [0, 0.1) is 0 Å². The van der Waals surface area contributed by atoms with Gasteiger partial charge in [0.25, 0.3) is 5.91 Å². The molecule has 1 heterocycles. The van der Waals surface area contributed by atoms with Gasteiger partial charge in [0.05, 0.1) is 10.5 Å². The Morgan fingerprint density at radius 3 is 2.38 bits per heavy atom. The smallest absolute Gasteiger partial charge is 0.255 e. The van der Waals surface area contributed by atoms with Gasteiger partial charge in [-0.05, 0) is 49.3 Å². The summed E-state index contributed by atoms with van der Waals surface area (Å²) in [6.45, 7) is 1.78. The molecule has 29 heavy (non-hydrogen) atoms. The molecule has 0 bridgehead atoms. The molecule has 2 aromatic rings. The number of carbonyl (C=O) groups is 1. The molecule has 1 aliphatic heterocycles. The molecule has 3 rings (SSSR count). The van der Waals surface area contributed by atoms with Gasteiger partial charge in [0.1, 0.15) is 0 Å². The van der Waals surface area contributed by atoms with E-state index in [0.29, 0.717) is 18.5 Å². The van der Waals surface area contributed by atoms with Gasteiger partial charge in [0.15, 0.2) is 0 Å². The van der Waals surface area contributed by atoms with Crippen molar-refractivity contribution in [2.45, 2.75) is 41.9 Å². The number of thioether (sulfide) groups is 1. The molecule has 1 amide bonds. The Hall–Kier alpha value is -1.83. The largest absolute Gasteiger partial charge is 0.339 e. The van der Waals surface area contributed by atoms with E-state index in [1.165, 1.54) is 17.8 Å². The second-order valence-corrected chi connectivity index (χ2v) is 9.82. The van der Waals surface area contributed by atoms with Gasteiger partial charge in [0.2, 0.25) is 10.0 Å². The van der Waals surface area contributed by atoms with Gasteiger partial charge < -0.3 is 4.90 Å². The van der Waals surface area contributed by atoms with Crippen molar-refractivity contribution >= 4 is 27.7 Å². The molecule has 0 aliphatic carbocycles. The molecule has 7 heteroatoms. The summed E-state index contributed by atoms with van der Waals surface area (Å²) >= 11 is 1.46. The number of rotatable bonds is 7. The maximum Gasteiger partial charge on any atom is 0.255 e. The fraction of sp³-hybridized carbons (Fsp3) is 0.409. The van der Waals surface area contributed by atoms with Crippen LogP contribution in [0.5, 0.6) is 0 Å². The first-order chi connectivity index (χ1) is 14.0. The number of carbonyl (C=O) groups excluding carboxylic acids is 1. The van der Waals surface area contributed by atoms with Crippen LogP contribution in [0.3, 0.4) is 0 Å². The molecular weight excluding hydrogens is 404 g/mol. The van der Waals surface area contributed by atoms with E-state index in [-0.39, 0.29) is 10.8 Å². The van der Waals surface area contributed by atoms with Gasteiger partial charge in [0, 0.05) is 24.5 Å². The maximum atomic E-state index is 13.1. The van der Waals surface area contributed by atoms with Gasteiger partial charge >= 0.3 is 0 Å². The number of amides is 1. The highest BCUT2D eigenvalue weighted by atomic mass is 32.2. The molecule has 156 valence electrons. The monoisotopic (exact) mass is 432 g/mol. The summed E-state index contributed by atoms with van der Waals surface area (Å²) in [5.74, 6) is -0.0717. The van der Waals surface area contributed by atoms with Crippen molar-refractivity contribution in [2.75, 3.05) is 25.9 Å². The summed E-state index contributed by atoms with van der Waals surface area (Å²) in [5.41, 5.74) is 1.55. The zero-order valence-electron chi connectivity index (χ0n) is 16.8. The van der Waals surface area contributed by atoms with E-state index in [1.807, 2.05) is 41.5 Å². The van der Waals surface area contributed by atoms with E-state index in [0.717, 1.165) is 49.2 Å². The Kier molecular flexibility index (Phi) is 7.75. The normalized spacial score (nSPS) is 15.1. The highest BCUT2D eigenvalue weighted by Gasteiger charge is 2.23. The molecule has 0 aromatic heterocycles. The summed E-state index contributed by atoms with van der Waals surface area (Å²) in [6, 6.07) is 14.6. The van der Waals surface area contributed by atoms with Crippen LogP contribution in [0.4, 0.5) is 0 Å². The van der Waals surface area contributed by atoms with Gasteiger partial charge in [-0.15, -0.1) is 11.8 Å². The Morgan fingerprint density at radius 2 is 1.72 bits per heavy atom. The third-order valence-corrected chi connectivity index (χ3v) is 7.41. The fourth-order valence-electron chi connectivity index (χ4n) is 3.52. The van der Waals surface area contributed by atoms with Gasteiger partial charge in [-0.2, -0.15) is 0 Å². The SMILES string of the molecule is CSc1ccc(S(=O)(=O)NCCc2ccccc2)cc1C(=O)N1CCCCCC1. The summed E-state index contributed by atoms with van der Waals surface area (Å²) in [6.07, 6.45) is 6.79. The van der Waals surface area contributed by atoms with Gasteiger partial charge in [-0.25, -0.2) is 13.1 Å². The van der Waals surface area contributed by atoms with E-state index < -0.39 is 10.0 Å². The molecule has 5 nitrogen and oxygen atoms in total. The minimum absolute atomic E-state index is 0.0717. The summed E-state index contributed by atoms with van der Waals surface area (Å²) < 4.78 is 28.2. The van der Waals surface area contributed by atoms with Crippen LogP contribution >= 0.6 is 11.8 Å². The zero-order chi connectivity index (χ0) is 20.7. The molecule has 0 unspecified atom stereocenters. The molecule has 1 fully saturated rings. The molecule has 0 spiro atoms. The summed E-state index contributed by atoms with van der Waals surface area (Å²) in [5, 5.41) is 0. The lowest BCUT2D eigenvalue weighted by Crippen LogP contribution is -2.32. The van der Waals surface area contributed by atoms with E-state index >= 15 is 0 Å². The standard InChI is InChI=1S/C22H28N2O3S2/c1-28-21-12-11-19(17-20(21)22(25)24-15-7-2-3-8-16-24)29(26,27)23-14-13-18-9-5-4-6-10-18/h4-6,9-12,17,23H,2-3,7-8,13-16H2,1H3. The van der Waals surface area contributed by atoms with Crippen molar-refractivity contribution in [2.24, 2.45) is 0 Å². The van der Waals surface area contributed by atoms with Gasteiger partial charge in [-0.1, -0.05) is 43.2 Å². The molecule has 0 atom stereocenters. The molecule has 0 radical (unpaired) electrons. The Bertz CT molecular complexity index is 922. The van der Waals surface area contributed by atoms with Crippen LogP contribution in [0.25, 0.3) is 0 Å². The second kappa shape index (κ2) is 10.3. The molecular formula is C22H28N2O3S2. The number of hydrogen-bond donors (Lipinski definition) is 1. The lowest BCUT2D eigenvalue weighted by atomic mass is 10.2. The number of nitrogens with zero attached hydrogens (tertiary/aromatic N) is 1. The van der Waals surface area contributed by atoms with E-state index in [1.54, 1.807) is 12.1 Å². The average Bonchev–Trinajstić information content (AvgIpc) is 3.03. The lowest BCUT2D eigenvalue weighted by Gasteiger charge is -2.22. The topological polar surface area (TPSA) is 66.5 Å². The van der Waals surface area contributed by atoms with Crippen LogP contribution in [0.15, 0.2) is 58.3 Å². The fourth-order valence-corrected chi connectivity index (χ4v) is 5.15. The quantitative estimate of drug-likeness (QED) is 0.673. The Balaban J connectivity index is 1.76. The van der Waals surface area contributed by atoms with Crippen LogP contribution in [0.2, 0.25) is 0 Å². The minimum atomic E-state index is -3.68. The maximum absolute atomic E-state index is 13.1. The van der Waals surface area contributed by atoms with E-state index in [4.69, 9.17) is 0 Å². The number of hydrogen-bond acceptors (Lipinski definition) is 4. The van der Waals surface area contributed by atoms with Gasteiger partial charge in [-0.3, -0.25) is 4.79 Å². The van der Waals surface area contributed by atoms with E-state index in [2.05, 4.69) is 4.72 Å². The first kappa shape index (κ1) is 21.9. The Labute approximate surface area is 177 Å². The average molecular weight is 433 g/mol. The number of benzene rings is 2. The summed E-state index contributed by atoms with van der Waals surface area (Å²) in [7, 11) is -3.68. The van der Waals surface area contributed by atoms with Crippen molar-refractivity contribution in [1.82, 2.24) is 9.62 Å². The Morgan fingerprint density at radius 1 is 1.03 bits per heavy atom. The van der Waals surface area contributed by atoms with Crippen LogP contribution < -0.4 is 4.72 Å². The van der Waals surface area contributed by atoms with E-state index in [9.17, 15) is 13.2 Å². The molecule has 1 saturated heterocycles. The van der Waals surface area contributed by atoms with Crippen molar-refractivity contribution in [3.05, 3.63) is 59.7 Å². The van der Waals surface area contributed by atoms with Crippen molar-refractivity contribution in [3.63, 3.8) is 0 Å². The molecule has 0 saturated carbocycles. The first-order valence-corrected chi connectivity index (χ1v) is 12.7. The highest BCUT2D eigenvalue weighted by molar-refractivity contribution is 7.98. The highest BCUT2D eigenvalue weighted by Crippen LogP contribution is 2.26.